The Labute approximate surface area is 87.9 Å². The van der Waals surface area contributed by atoms with Crippen molar-refractivity contribution in [3.8, 4) is 0 Å². The first-order chi connectivity index (χ1) is 6.72. The highest BCUT2D eigenvalue weighted by molar-refractivity contribution is 8.14. The summed E-state index contributed by atoms with van der Waals surface area (Å²) in [5.41, 5.74) is 4.92. The van der Waals surface area contributed by atoms with Gasteiger partial charge >= 0.3 is 6.03 Å². The molecular formula is C8H16N4OS. The summed E-state index contributed by atoms with van der Waals surface area (Å²) in [6, 6.07) is -0.487. The van der Waals surface area contributed by atoms with E-state index in [1.165, 1.54) is 0 Å². The van der Waals surface area contributed by atoms with Crippen LogP contribution < -0.4 is 16.4 Å². The van der Waals surface area contributed by atoms with Gasteiger partial charge in [0.25, 0.3) is 0 Å². The normalized spacial score (nSPS) is 20.4. The number of amides is 2. The zero-order chi connectivity index (χ0) is 10.4. The number of nitrogens with one attached hydrogen (secondary N) is 2. The molecule has 4 N–H and O–H groups in total. The quantitative estimate of drug-likeness (QED) is 0.584. The van der Waals surface area contributed by atoms with Gasteiger partial charge in [0.2, 0.25) is 0 Å². The third-order valence-corrected chi connectivity index (χ3v) is 3.19. The molecule has 0 aromatic carbocycles. The van der Waals surface area contributed by atoms with E-state index in [1.54, 1.807) is 11.8 Å². The van der Waals surface area contributed by atoms with Gasteiger partial charge < -0.3 is 16.4 Å². The van der Waals surface area contributed by atoms with Crippen LogP contribution in [0.5, 0.6) is 0 Å². The van der Waals surface area contributed by atoms with E-state index in [-0.39, 0.29) is 0 Å². The highest BCUT2D eigenvalue weighted by Gasteiger charge is 2.16. The molecule has 0 fully saturated rings. The van der Waals surface area contributed by atoms with Crippen LogP contribution in [0.25, 0.3) is 0 Å². The number of thioether (sulfide) groups is 1. The van der Waals surface area contributed by atoms with Crippen LogP contribution in [0.2, 0.25) is 0 Å². The molecule has 0 aromatic heterocycles. The van der Waals surface area contributed by atoms with Gasteiger partial charge in [0.15, 0.2) is 5.17 Å². The fraction of sp³-hybridized carbons (Fsp3) is 0.750. The lowest BCUT2D eigenvalue weighted by Gasteiger charge is -2.06. The van der Waals surface area contributed by atoms with Crippen LogP contribution in [0.3, 0.4) is 0 Å². The van der Waals surface area contributed by atoms with Crippen LogP contribution in [-0.2, 0) is 0 Å². The number of primary amides is 1. The molecule has 0 aliphatic carbocycles. The van der Waals surface area contributed by atoms with E-state index in [2.05, 4.69) is 22.5 Å². The first-order valence-electron chi connectivity index (χ1n) is 4.70. The predicted octanol–water partition coefficient (Wildman–Crippen LogP) is 0.126. The fourth-order valence-electron chi connectivity index (χ4n) is 1.08. The monoisotopic (exact) mass is 216 g/mol. The Balaban J connectivity index is 2.05. The van der Waals surface area contributed by atoms with Crippen molar-refractivity contribution in [2.24, 2.45) is 10.7 Å². The zero-order valence-electron chi connectivity index (χ0n) is 8.25. The zero-order valence-corrected chi connectivity index (χ0v) is 9.06. The van der Waals surface area contributed by atoms with Gasteiger partial charge in [0.05, 0.1) is 6.54 Å². The lowest BCUT2D eigenvalue weighted by atomic mass is 10.3. The molecule has 80 valence electrons. The number of carbonyl (C=O) groups is 1. The maximum Gasteiger partial charge on any atom is 0.312 e. The Morgan fingerprint density at radius 2 is 2.50 bits per heavy atom. The van der Waals surface area contributed by atoms with Crippen molar-refractivity contribution in [2.75, 3.05) is 19.6 Å². The largest absolute Gasteiger partial charge is 0.363 e. The van der Waals surface area contributed by atoms with Crippen molar-refractivity contribution in [3.63, 3.8) is 0 Å². The number of hydrogen-bond acceptors (Lipinski definition) is 4. The van der Waals surface area contributed by atoms with Gasteiger partial charge in [-0.2, -0.15) is 0 Å². The third-order valence-electron chi connectivity index (χ3n) is 1.87. The molecule has 1 aliphatic rings. The first-order valence-corrected chi connectivity index (χ1v) is 5.58. The Bertz CT molecular complexity index is 231. The van der Waals surface area contributed by atoms with Crippen LogP contribution in [0, 0.1) is 0 Å². The fourth-order valence-corrected chi connectivity index (χ4v) is 2.05. The van der Waals surface area contributed by atoms with Crippen molar-refractivity contribution in [1.29, 1.82) is 0 Å². The SMILES string of the molecule is CCC1CN=C(NCCNC(N)=O)S1. The molecule has 0 aromatic rings. The van der Waals surface area contributed by atoms with E-state index in [0.29, 0.717) is 18.3 Å². The van der Waals surface area contributed by atoms with Crippen LogP contribution in [0.15, 0.2) is 4.99 Å². The van der Waals surface area contributed by atoms with Crippen molar-refractivity contribution in [3.05, 3.63) is 0 Å². The second-order valence-electron chi connectivity index (χ2n) is 3.01. The second kappa shape index (κ2) is 5.74. The Morgan fingerprint density at radius 3 is 3.07 bits per heavy atom. The minimum absolute atomic E-state index is 0.487. The van der Waals surface area contributed by atoms with Crippen molar-refractivity contribution < 1.29 is 4.79 Å². The highest BCUT2D eigenvalue weighted by atomic mass is 32.2. The topological polar surface area (TPSA) is 79.5 Å². The van der Waals surface area contributed by atoms with E-state index in [0.717, 1.165) is 18.1 Å². The number of nitrogens with two attached hydrogens (primary N) is 1. The summed E-state index contributed by atoms with van der Waals surface area (Å²) in [6.45, 7) is 4.26. The summed E-state index contributed by atoms with van der Waals surface area (Å²) in [6.07, 6.45) is 1.14. The minimum Gasteiger partial charge on any atom is -0.363 e. The number of nitrogens with zero attached hydrogens (tertiary/aromatic N) is 1. The highest BCUT2D eigenvalue weighted by Crippen LogP contribution is 2.21. The van der Waals surface area contributed by atoms with E-state index in [9.17, 15) is 4.79 Å². The Hall–Kier alpha value is -0.910. The summed E-state index contributed by atoms with van der Waals surface area (Å²) in [4.78, 5) is 14.7. The number of carbonyl (C=O) groups excluding carboxylic acids is 1. The van der Waals surface area contributed by atoms with Gasteiger partial charge in [-0.05, 0) is 6.42 Å². The molecule has 0 saturated carbocycles. The summed E-state index contributed by atoms with van der Waals surface area (Å²) in [5.74, 6) is 0. The lowest BCUT2D eigenvalue weighted by Crippen LogP contribution is -2.36. The van der Waals surface area contributed by atoms with Gasteiger partial charge in [-0.1, -0.05) is 18.7 Å². The van der Waals surface area contributed by atoms with E-state index >= 15 is 0 Å². The first kappa shape index (κ1) is 11.2. The molecule has 1 heterocycles. The van der Waals surface area contributed by atoms with Gasteiger partial charge in [0.1, 0.15) is 0 Å². The number of aliphatic imine (C=N–C) groups is 1. The Morgan fingerprint density at radius 1 is 1.71 bits per heavy atom. The Kier molecular flexibility index (Phi) is 4.58. The molecule has 5 nitrogen and oxygen atoms in total. The molecule has 14 heavy (non-hydrogen) atoms. The lowest BCUT2D eigenvalue weighted by molar-refractivity contribution is 0.249. The molecule has 0 spiro atoms. The van der Waals surface area contributed by atoms with Crippen molar-refractivity contribution in [1.82, 2.24) is 10.6 Å². The van der Waals surface area contributed by atoms with E-state index in [1.807, 2.05) is 0 Å². The van der Waals surface area contributed by atoms with Gasteiger partial charge in [0, 0.05) is 18.3 Å². The molecule has 1 atom stereocenters. The summed E-state index contributed by atoms with van der Waals surface area (Å²) >= 11 is 1.76. The van der Waals surface area contributed by atoms with Gasteiger partial charge in [-0.3, -0.25) is 4.99 Å². The minimum atomic E-state index is -0.487. The smallest absolute Gasteiger partial charge is 0.312 e. The second-order valence-corrected chi connectivity index (χ2v) is 4.30. The molecule has 2 amide bonds. The summed E-state index contributed by atoms with van der Waals surface area (Å²) in [7, 11) is 0. The maximum atomic E-state index is 10.3. The standard InChI is InChI=1S/C8H16N4OS/c1-2-6-5-12-8(14-6)11-4-3-10-7(9)13/h6H,2-5H2,1H3,(H,11,12)(H3,9,10,13). The summed E-state index contributed by atoms with van der Waals surface area (Å²) in [5, 5.41) is 7.24. The molecule has 0 radical (unpaired) electrons. The van der Waals surface area contributed by atoms with E-state index < -0.39 is 6.03 Å². The average molecular weight is 216 g/mol. The van der Waals surface area contributed by atoms with Crippen LogP contribution in [-0.4, -0.2) is 36.1 Å². The number of urea groups is 1. The molecular weight excluding hydrogens is 200 g/mol. The van der Waals surface area contributed by atoms with E-state index in [4.69, 9.17) is 5.73 Å². The number of hydrogen-bond donors (Lipinski definition) is 3. The van der Waals surface area contributed by atoms with Crippen LogP contribution in [0.4, 0.5) is 4.79 Å². The molecule has 1 aliphatic heterocycles. The number of amidine groups is 1. The van der Waals surface area contributed by atoms with Crippen LogP contribution in [0.1, 0.15) is 13.3 Å². The predicted molar refractivity (Wildman–Crippen MR) is 59.6 cm³/mol. The molecule has 6 heteroatoms. The van der Waals surface area contributed by atoms with Crippen molar-refractivity contribution in [2.45, 2.75) is 18.6 Å². The third kappa shape index (κ3) is 3.87. The van der Waals surface area contributed by atoms with Gasteiger partial charge in [-0.25, -0.2) is 4.79 Å². The molecule has 0 saturated heterocycles. The van der Waals surface area contributed by atoms with Crippen molar-refractivity contribution >= 4 is 23.0 Å². The molecule has 1 rings (SSSR count). The molecule has 0 bridgehead atoms. The maximum absolute atomic E-state index is 10.3. The van der Waals surface area contributed by atoms with Crippen LogP contribution >= 0.6 is 11.8 Å². The van der Waals surface area contributed by atoms with Gasteiger partial charge in [-0.15, -0.1) is 0 Å². The molecule has 1 unspecified atom stereocenters. The summed E-state index contributed by atoms with van der Waals surface area (Å²) < 4.78 is 0. The average Bonchev–Trinajstić information content (AvgIpc) is 2.60. The number of rotatable bonds is 4.